The van der Waals surface area contributed by atoms with E-state index in [1.165, 1.54) is 10.5 Å². The predicted octanol–water partition coefficient (Wildman–Crippen LogP) is 3.97. The van der Waals surface area contributed by atoms with E-state index in [1.54, 1.807) is 11.8 Å². The lowest BCUT2D eigenvalue weighted by molar-refractivity contribution is 0.375. The lowest BCUT2D eigenvalue weighted by Crippen LogP contribution is -1.87. The number of nitrogens with zero attached hydrogens (tertiary/aromatic N) is 2. The molecule has 0 radical (unpaired) electrons. The van der Waals surface area contributed by atoms with Crippen LogP contribution in [0.3, 0.4) is 0 Å². The third-order valence-corrected chi connectivity index (χ3v) is 3.63. The Balaban J connectivity index is 2.00. The van der Waals surface area contributed by atoms with Crippen molar-refractivity contribution in [1.82, 2.24) is 10.1 Å². The number of benzene rings is 1. The van der Waals surface area contributed by atoms with Crippen LogP contribution in [0, 0.1) is 6.92 Å². The fraction of sp³-hybridized carbons (Fsp3) is 0.333. The van der Waals surface area contributed by atoms with Gasteiger partial charge in [-0.25, -0.2) is 0 Å². The molecule has 0 N–H and O–H groups in total. The summed E-state index contributed by atoms with van der Waals surface area (Å²) in [7, 11) is 0. The average Bonchev–Trinajstić information content (AvgIpc) is 2.77. The second kappa shape index (κ2) is 5.56. The van der Waals surface area contributed by atoms with Gasteiger partial charge in [0.05, 0.1) is 5.75 Å². The summed E-state index contributed by atoms with van der Waals surface area (Å²) >= 11 is 7.55. The van der Waals surface area contributed by atoms with E-state index in [2.05, 4.69) is 29.2 Å². The van der Waals surface area contributed by atoms with Gasteiger partial charge in [0.2, 0.25) is 5.89 Å². The van der Waals surface area contributed by atoms with Gasteiger partial charge in [-0.3, -0.25) is 0 Å². The molecule has 0 aliphatic heterocycles. The van der Waals surface area contributed by atoms with Crippen LogP contribution in [0.15, 0.2) is 33.7 Å². The number of thioether (sulfide) groups is 1. The Morgan fingerprint density at radius 3 is 2.82 bits per heavy atom. The zero-order valence-electron chi connectivity index (χ0n) is 9.68. The largest absolute Gasteiger partial charge is 0.338 e. The van der Waals surface area contributed by atoms with Crippen molar-refractivity contribution in [1.29, 1.82) is 0 Å². The van der Waals surface area contributed by atoms with Gasteiger partial charge < -0.3 is 4.52 Å². The highest BCUT2D eigenvalue weighted by molar-refractivity contribution is 7.98. The molecule has 1 heterocycles. The van der Waals surface area contributed by atoms with E-state index in [0.29, 0.717) is 17.5 Å². The topological polar surface area (TPSA) is 38.9 Å². The van der Waals surface area contributed by atoms with Gasteiger partial charge in [-0.05, 0) is 25.5 Å². The lowest BCUT2D eigenvalue weighted by Gasteiger charge is -2.01. The molecule has 0 saturated heterocycles. The number of hydrogen-bond acceptors (Lipinski definition) is 4. The molecule has 0 aliphatic rings. The molecule has 5 heteroatoms. The number of halogens is 1. The molecule has 0 spiro atoms. The van der Waals surface area contributed by atoms with Gasteiger partial charge in [-0.2, -0.15) is 4.98 Å². The summed E-state index contributed by atoms with van der Waals surface area (Å²) in [6, 6.07) is 8.23. The van der Waals surface area contributed by atoms with E-state index in [0.717, 1.165) is 0 Å². The zero-order valence-corrected chi connectivity index (χ0v) is 11.3. The maximum absolute atomic E-state index is 5.86. The molecule has 1 atom stereocenters. The molecule has 0 amide bonds. The van der Waals surface area contributed by atoms with Crippen LogP contribution in [-0.2, 0) is 5.75 Å². The smallest absolute Gasteiger partial charge is 0.244 e. The Kier molecular flexibility index (Phi) is 4.07. The molecule has 1 aromatic carbocycles. The van der Waals surface area contributed by atoms with E-state index in [4.69, 9.17) is 16.1 Å². The first-order chi connectivity index (χ1) is 8.16. The minimum atomic E-state index is -0.236. The molecule has 2 rings (SSSR count). The highest BCUT2D eigenvalue weighted by Crippen LogP contribution is 2.25. The van der Waals surface area contributed by atoms with Crippen molar-refractivity contribution in [2.24, 2.45) is 0 Å². The summed E-state index contributed by atoms with van der Waals surface area (Å²) in [6.07, 6.45) is 0. The van der Waals surface area contributed by atoms with Crippen LogP contribution in [0.1, 0.15) is 29.6 Å². The minimum absolute atomic E-state index is 0.236. The first kappa shape index (κ1) is 12.5. The van der Waals surface area contributed by atoms with E-state index < -0.39 is 0 Å². The molecule has 0 fully saturated rings. The first-order valence-corrected chi connectivity index (χ1v) is 6.74. The van der Waals surface area contributed by atoms with Crippen LogP contribution < -0.4 is 0 Å². The third kappa shape index (κ3) is 3.23. The van der Waals surface area contributed by atoms with E-state index in [-0.39, 0.29) is 5.38 Å². The molecule has 0 bridgehead atoms. The quantitative estimate of drug-likeness (QED) is 0.621. The van der Waals surface area contributed by atoms with Crippen LogP contribution in [0.4, 0.5) is 0 Å². The lowest BCUT2D eigenvalue weighted by atomic mass is 10.2. The molecule has 1 unspecified atom stereocenters. The van der Waals surface area contributed by atoms with E-state index in [1.807, 2.05) is 19.1 Å². The Labute approximate surface area is 110 Å². The molecular formula is C12H13ClN2OS. The fourth-order valence-electron chi connectivity index (χ4n) is 1.35. The Bertz CT molecular complexity index is 499. The van der Waals surface area contributed by atoms with Crippen molar-refractivity contribution >= 4 is 23.4 Å². The van der Waals surface area contributed by atoms with Gasteiger partial charge in [-0.1, -0.05) is 23.4 Å². The Morgan fingerprint density at radius 2 is 2.18 bits per heavy atom. The molecule has 17 heavy (non-hydrogen) atoms. The van der Waals surface area contributed by atoms with Crippen LogP contribution >= 0.6 is 23.4 Å². The number of aromatic nitrogens is 2. The highest BCUT2D eigenvalue weighted by atomic mass is 35.5. The molecule has 0 aliphatic carbocycles. The molecule has 2 aromatic rings. The second-order valence-electron chi connectivity index (χ2n) is 3.72. The first-order valence-electron chi connectivity index (χ1n) is 5.32. The van der Waals surface area contributed by atoms with Crippen molar-refractivity contribution < 1.29 is 4.52 Å². The Hall–Kier alpha value is -1.000. The van der Waals surface area contributed by atoms with Gasteiger partial charge in [0.1, 0.15) is 5.38 Å². The monoisotopic (exact) mass is 268 g/mol. The Morgan fingerprint density at radius 1 is 1.41 bits per heavy atom. The predicted molar refractivity (Wildman–Crippen MR) is 69.3 cm³/mol. The molecule has 0 saturated carbocycles. The van der Waals surface area contributed by atoms with Gasteiger partial charge in [0.15, 0.2) is 5.82 Å². The van der Waals surface area contributed by atoms with E-state index >= 15 is 0 Å². The molecule has 3 nitrogen and oxygen atoms in total. The van der Waals surface area contributed by atoms with E-state index in [9.17, 15) is 0 Å². The number of rotatable bonds is 4. The minimum Gasteiger partial charge on any atom is -0.338 e. The maximum atomic E-state index is 5.86. The highest BCUT2D eigenvalue weighted by Gasteiger charge is 2.11. The standard InChI is InChI=1S/C12H13ClN2OS/c1-8-5-3-4-6-10(8)17-7-11-14-12(9(2)13)16-15-11/h3-6,9H,7H2,1-2H3. The summed E-state index contributed by atoms with van der Waals surface area (Å²) in [5.41, 5.74) is 1.26. The third-order valence-electron chi connectivity index (χ3n) is 2.27. The maximum Gasteiger partial charge on any atom is 0.244 e. The summed E-state index contributed by atoms with van der Waals surface area (Å²) in [5.74, 6) is 1.85. The van der Waals surface area contributed by atoms with Crippen LogP contribution in [0.2, 0.25) is 0 Å². The van der Waals surface area contributed by atoms with Crippen LogP contribution in [0.5, 0.6) is 0 Å². The van der Waals surface area contributed by atoms with Gasteiger partial charge in [0, 0.05) is 4.90 Å². The van der Waals surface area contributed by atoms with Gasteiger partial charge >= 0.3 is 0 Å². The second-order valence-corrected chi connectivity index (χ2v) is 5.39. The summed E-state index contributed by atoms with van der Waals surface area (Å²) in [4.78, 5) is 5.46. The van der Waals surface area contributed by atoms with Crippen molar-refractivity contribution in [2.75, 3.05) is 0 Å². The van der Waals surface area contributed by atoms with Crippen molar-refractivity contribution in [3.63, 3.8) is 0 Å². The molecule has 1 aromatic heterocycles. The fourth-order valence-corrected chi connectivity index (χ4v) is 2.31. The van der Waals surface area contributed by atoms with Gasteiger partial charge in [-0.15, -0.1) is 23.4 Å². The average molecular weight is 269 g/mol. The normalized spacial score (nSPS) is 12.6. The molecular weight excluding hydrogens is 256 g/mol. The van der Waals surface area contributed by atoms with Crippen molar-refractivity contribution in [3.05, 3.63) is 41.5 Å². The molecule has 90 valence electrons. The summed E-state index contributed by atoms with van der Waals surface area (Å²) in [5, 5.41) is 3.65. The van der Waals surface area contributed by atoms with Crippen molar-refractivity contribution in [3.8, 4) is 0 Å². The van der Waals surface area contributed by atoms with Crippen LogP contribution in [0.25, 0.3) is 0 Å². The summed E-state index contributed by atoms with van der Waals surface area (Å²) < 4.78 is 5.04. The number of aryl methyl sites for hydroxylation is 1. The summed E-state index contributed by atoms with van der Waals surface area (Å²) in [6.45, 7) is 3.90. The SMILES string of the molecule is Cc1ccccc1SCc1noc(C(C)Cl)n1. The number of hydrogen-bond donors (Lipinski definition) is 0. The number of alkyl halides is 1. The van der Waals surface area contributed by atoms with Gasteiger partial charge in [0.25, 0.3) is 0 Å². The van der Waals surface area contributed by atoms with Crippen LogP contribution in [-0.4, -0.2) is 10.1 Å². The van der Waals surface area contributed by atoms with Crippen molar-refractivity contribution in [2.45, 2.75) is 29.9 Å². The zero-order chi connectivity index (χ0) is 12.3.